The average Bonchev–Trinajstić information content (AvgIpc) is 3.48. The van der Waals surface area contributed by atoms with E-state index in [4.69, 9.17) is 4.74 Å². The first-order valence-corrected chi connectivity index (χ1v) is 15.2. The zero-order valence-corrected chi connectivity index (χ0v) is 26.1. The number of carbonyl (C=O) groups is 1. The molecule has 0 aliphatic heterocycles. The van der Waals surface area contributed by atoms with E-state index < -0.39 is 11.7 Å². The second kappa shape index (κ2) is 14.2. The first-order chi connectivity index (χ1) is 22.0. The molecule has 5 aromatic rings. The van der Waals surface area contributed by atoms with E-state index in [1.165, 1.54) is 17.7 Å². The highest BCUT2D eigenvalue weighted by molar-refractivity contribution is 5.87. The van der Waals surface area contributed by atoms with E-state index in [1.807, 2.05) is 42.5 Å². The molecule has 0 saturated carbocycles. The highest BCUT2D eigenvalue weighted by Crippen LogP contribution is 2.27. The molecule has 0 amide bonds. The molecule has 1 unspecified atom stereocenters. The fourth-order valence-electron chi connectivity index (χ4n) is 5.17. The quantitative estimate of drug-likeness (QED) is 0.146. The van der Waals surface area contributed by atoms with Crippen LogP contribution in [0.5, 0.6) is 5.75 Å². The molecule has 2 N–H and O–H groups in total. The van der Waals surface area contributed by atoms with Gasteiger partial charge < -0.3 is 9.84 Å². The number of aromatic carboxylic acids is 1. The summed E-state index contributed by atoms with van der Waals surface area (Å²) in [5.74, 6) is -0.906. The molecule has 236 valence electrons. The van der Waals surface area contributed by atoms with Crippen molar-refractivity contribution in [1.29, 1.82) is 0 Å². The van der Waals surface area contributed by atoms with Crippen LogP contribution in [-0.2, 0) is 24.9 Å². The number of carboxylic acids is 1. The van der Waals surface area contributed by atoms with E-state index >= 15 is 0 Å². The van der Waals surface area contributed by atoms with E-state index in [0.717, 1.165) is 35.1 Å². The van der Waals surface area contributed by atoms with Crippen molar-refractivity contribution in [3.05, 3.63) is 147 Å². The van der Waals surface area contributed by atoms with Crippen LogP contribution in [0.3, 0.4) is 0 Å². The van der Waals surface area contributed by atoms with Gasteiger partial charge in [0.05, 0.1) is 5.56 Å². The highest BCUT2D eigenvalue weighted by Gasteiger charge is 2.14. The Morgan fingerprint density at radius 1 is 0.957 bits per heavy atom. The number of aromatic nitrogens is 2. The number of hydrogen-bond acceptors (Lipinski definition) is 5. The summed E-state index contributed by atoms with van der Waals surface area (Å²) in [6.45, 7) is 6.88. The predicted octanol–water partition coefficient (Wildman–Crippen LogP) is 8.25. The predicted molar refractivity (Wildman–Crippen MR) is 176 cm³/mol. The minimum absolute atomic E-state index is 0.0586. The zero-order chi connectivity index (χ0) is 32.7. The van der Waals surface area contributed by atoms with Crippen LogP contribution in [0.1, 0.15) is 65.4 Å². The number of H-pyrrole nitrogens is 1. The molecule has 5 rings (SSSR count). The van der Waals surface area contributed by atoms with Gasteiger partial charge in [0.1, 0.15) is 18.2 Å². The maximum absolute atomic E-state index is 14.4. The van der Waals surface area contributed by atoms with Crippen molar-refractivity contribution in [3.8, 4) is 17.1 Å². The van der Waals surface area contributed by atoms with Crippen molar-refractivity contribution in [3.63, 3.8) is 0 Å². The van der Waals surface area contributed by atoms with E-state index in [1.54, 1.807) is 18.2 Å². The van der Waals surface area contributed by atoms with Gasteiger partial charge in [-0.2, -0.15) is 0 Å². The lowest BCUT2D eigenvalue weighted by molar-refractivity contribution is 0.0697. The molecule has 1 aromatic heterocycles. The lowest BCUT2D eigenvalue weighted by Crippen LogP contribution is -2.10. The average molecular weight is 621 g/mol. The molecule has 8 heteroatoms. The third-order valence-electron chi connectivity index (χ3n) is 7.90. The number of hydrogen-bond donors (Lipinski definition) is 2. The largest absolute Gasteiger partial charge is 0.488 e. The van der Waals surface area contributed by atoms with Crippen LogP contribution in [0.4, 0.5) is 4.39 Å². The number of ether oxygens (including phenoxy) is 1. The van der Waals surface area contributed by atoms with Crippen molar-refractivity contribution in [2.45, 2.75) is 52.1 Å². The molecule has 1 atom stereocenters. The van der Waals surface area contributed by atoms with Gasteiger partial charge in [-0.1, -0.05) is 98.7 Å². The number of carboxylic acid groups (broad SMARTS) is 1. The molecular formula is C38H37FN2O5. The molecule has 1 heterocycles. The van der Waals surface area contributed by atoms with Crippen LogP contribution in [0.15, 0.2) is 106 Å². The summed E-state index contributed by atoms with van der Waals surface area (Å²) in [5.41, 5.74) is 6.05. The van der Waals surface area contributed by atoms with Gasteiger partial charge in [-0.05, 0) is 83.2 Å². The zero-order valence-electron chi connectivity index (χ0n) is 26.1. The van der Waals surface area contributed by atoms with Gasteiger partial charge in [0.25, 0.3) is 0 Å². The number of allylic oxidation sites excluding steroid dienone is 1. The van der Waals surface area contributed by atoms with Crippen LogP contribution in [0.2, 0.25) is 0 Å². The minimum Gasteiger partial charge on any atom is -0.488 e. The standard InChI is InChI=1S/C38H37FN2O5/c1-38(2,3)32-18-11-28(12-19-32)24-45-34-21-20-33(39)23-31(34)17-10-26(22-27-8-15-30(16-9-27)36(42)43)5-4-25-6-13-29(14-7-25)35-40-37(44)46-41-35/h6-21,23,26H,4-5,22,24H2,1-3H3,(H,42,43)(H,40,41,44)/b17-10+. The van der Waals surface area contributed by atoms with Gasteiger partial charge in [0.15, 0.2) is 5.82 Å². The lowest BCUT2D eigenvalue weighted by Gasteiger charge is -2.19. The van der Waals surface area contributed by atoms with E-state index in [9.17, 15) is 19.1 Å². The van der Waals surface area contributed by atoms with Crippen molar-refractivity contribution in [1.82, 2.24) is 10.1 Å². The third-order valence-corrected chi connectivity index (χ3v) is 7.90. The number of benzene rings is 4. The second-order valence-electron chi connectivity index (χ2n) is 12.4. The SMILES string of the molecule is CC(C)(C)c1ccc(COc2ccc(F)cc2/C=C/C(CCc2ccc(-c3noc(=O)[nH]3)cc2)Cc2ccc(C(=O)O)cc2)cc1. The topological polar surface area (TPSA) is 105 Å². The van der Waals surface area contributed by atoms with Crippen LogP contribution in [0.25, 0.3) is 17.5 Å². The van der Waals surface area contributed by atoms with Crippen molar-refractivity contribution < 1.29 is 23.6 Å². The summed E-state index contributed by atoms with van der Waals surface area (Å²) in [7, 11) is 0. The Morgan fingerprint density at radius 3 is 2.26 bits per heavy atom. The number of nitrogens with one attached hydrogen (secondary N) is 1. The Labute approximate surface area is 267 Å². The molecule has 0 radical (unpaired) electrons. The minimum atomic E-state index is -0.968. The Hall–Kier alpha value is -5.24. The normalized spacial score (nSPS) is 12.3. The van der Waals surface area contributed by atoms with Crippen LogP contribution >= 0.6 is 0 Å². The number of halogens is 1. The van der Waals surface area contributed by atoms with E-state index in [2.05, 4.69) is 65.8 Å². The maximum Gasteiger partial charge on any atom is 0.439 e. The molecule has 0 saturated heterocycles. The first kappa shape index (κ1) is 32.2. The second-order valence-corrected chi connectivity index (χ2v) is 12.4. The van der Waals surface area contributed by atoms with Gasteiger partial charge in [-0.25, -0.2) is 14.0 Å². The Kier molecular flexibility index (Phi) is 9.96. The highest BCUT2D eigenvalue weighted by atomic mass is 19.1. The Morgan fingerprint density at radius 2 is 1.63 bits per heavy atom. The summed E-state index contributed by atoms with van der Waals surface area (Å²) in [6.07, 6.45) is 6.18. The summed E-state index contributed by atoms with van der Waals surface area (Å²) in [5, 5.41) is 13.0. The van der Waals surface area contributed by atoms with Gasteiger partial charge in [-0.3, -0.25) is 9.51 Å². The number of nitrogens with zero attached hydrogens (tertiary/aromatic N) is 1. The fourth-order valence-corrected chi connectivity index (χ4v) is 5.17. The molecule has 0 fully saturated rings. The van der Waals surface area contributed by atoms with Crippen molar-refractivity contribution in [2.24, 2.45) is 5.92 Å². The van der Waals surface area contributed by atoms with Crippen LogP contribution in [-0.4, -0.2) is 21.2 Å². The number of aryl methyl sites for hydroxylation is 1. The smallest absolute Gasteiger partial charge is 0.439 e. The van der Waals surface area contributed by atoms with Gasteiger partial charge >= 0.3 is 11.7 Å². The number of rotatable bonds is 12. The van der Waals surface area contributed by atoms with Gasteiger partial charge in [0.2, 0.25) is 0 Å². The molecule has 46 heavy (non-hydrogen) atoms. The molecular weight excluding hydrogens is 583 g/mol. The Bertz CT molecular complexity index is 1850. The Balaban J connectivity index is 1.32. The van der Waals surface area contributed by atoms with Crippen LogP contribution < -0.4 is 10.5 Å². The van der Waals surface area contributed by atoms with Crippen LogP contribution in [0, 0.1) is 11.7 Å². The maximum atomic E-state index is 14.4. The van der Waals surface area contributed by atoms with Gasteiger partial charge in [-0.15, -0.1) is 0 Å². The summed E-state index contributed by atoms with van der Waals surface area (Å²) < 4.78 is 25.2. The molecule has 4 aromatic carbocycles. The molecule has 0 aliphatic rings. The molecule has 0 spiro atoms. The summed E-state index contributed by atoms with van der Waals surface area (Å²) in [4.78, 5) is 25.2. The third kappa shape index (κ3) is 8.69. The van der Waals surface area contributed by atoms with Gasteiger partial charge in [0, 0.05) is 11.1 Å². The summed E-state index contributed by atoms with van der Waals surface area (Å²) in [6, 6.07) is 27.5. The molecule has 7 nitrogen and oxygen atoms in total. The first-order valence-electron chi connectivity index (χ1n) is 15.2. The lowest BCUT2D eigenvalue weighted by atomic mass is 9.87. The van der Waals surface area contributed by atoms with E-state index in [-0.39, 0.29) is 22.7 Å². The monoisotopic (exact) mass is 620 g/mol. The van der Waals surface area contributed by atoms with Crippen molar-refractivity contribution in [2.75, 3.05) is 0 Å². The fraction of sp³-hybridized carbons (Fsp3) is 0.237. The van der Waals surface area contributed by atoms with E-state index in [0.29, 0.717) is 30.2 Å². The van der Waals surface area contributed by atoms with Crippen molar-refractivity contribution >= 4 is 12.0 Å². The molecule has 0 bridgehead atoms. The molecule has 0 aliphatic carbocycles. The summed E-state index contributed by atoms with van der Waals surface area (Å²) >= 11 is 0. The number of aromatic amines is 1.